The number of halogens is 1. The quantitative estimate of drug-likeness (QED) is 0.929. The van der Waals surface area contributed by atoms with E-state index in [1.165, 1.54) is 5.56 Å². The van der Waals surface area contributed by atoms with Gasteiger partial charge in [0.25, 0.3) is 0 Å². The highest BCUT2D eigenvalue weighted by Crippen LogP contribution is 2.11. The summed E-state index contributed by atoms with van der Waals surface area (Å²) in [5, 5.41) is 7.28. The molecule has 84 valence electrons. The fourth-order valence-electron chi connectivity index (χ4n) is 1.48. The van der Waals surface area contributed by atoms with Crippen LogP contribution in [0, 0.1) is 0 Å². The van der Waals surface area contributed by atoms with Gasteiger partial charge in [-0.1, -0.05) is 28.1 Å². The second kappa shape index (κ2) is 5.23. The number of nitrogens with one attached hydrogen (secondary N) is 1. The first-order chi connectivity index (χ1) is 7.79. The number of rotatable bonds is 4. The zero-order valence-electron chi connectivity index (χ0n) is 9.02. The van der Waals surface area contributed by atoms with Crippen molar-refractivity contribution in [1.29, 1.82) is 0 Å². The summed E-state index contributed by atoms with van der Waals surface area (Å²) in [6.07, 6.45) is 1.59. The van der Waals surface area contributed by atoms with Gasteiger partial charge in [0, 0.05) is 4.47 Å². The average molecular weight is 281 g/mol. The Morgan fingerprint density at radius 1 is 1.31 bits per heavy atom. The maximum Gasteiger partial charge on any atom is 0.141 e. The second-order valence-electron chi connectivity index (χ2n) is 3.49. The molecule has 4 nitrogen and oxygen atoms in total. The first-order valence-corrected chi connectivity index (χ1v) is 5.84. The van der Waals surface area contributed by atoms with Crippen LogP contribution < -0.4 is 5.32 Å². The van der Waals surface area contributed by atoms with Gasteiger partial charge in [-0.05, 0) is 24.7 Å². The topological polar surface area (TPSA) is 42.7 Å². The molecule has 1 aromatic carbocycles. The van der Waals surface area contributed by atoms with Crippen LogP contribution in [0.3, 0.4) is 0 Å². The Morgan fingerprint density at radius 3 is 2.75 bits per heavy atom. The Kier molecular flexibility index (Phi) is 3.69. The smallest absolute Gasteiger partial charge is 0.141 e. The van der Waals surface area contributed by atoms with E-state index in [-0.39, 0.29) is 0 Å². The van der Waals surface area contributed by atoms with Crippen molar-refractivity contribution in [3.05, 3.63) is 46.5 Å². The molecule has 2 rings (SSSR count). The van der Waals surface area contributed by atoms with E-state index >= 15 is 0 Å². The third-order valence-corrected chi connectivity index (χ3v) is 2.80. The SMILES string of the molecule is CNCc1ncnn1Cc1ccc(Br)cc1. The highest BCUT2D eigenvalue weighted by atomic mass is 79.9. The molecule has 0 amide bonds. The maximum atomic E-state index is 4.21. The second-order valence-corrected chi connectivity index (χ2v) is 4.41. The summed E-state index contributed by atoms with van der Waals surface area (Å²) < 4.78 is 2.99. The minimum atomic E-state index is 0.733. The summed E-state index contributed by atoms with van der Waals surface area (Å²) in [5.41, 5.74) is 1.21. The van der Waals surface area contributed by atoms with Gasteiger partial charge < -0.3 is 5.32 Å². The highest BCUT2D eigenvalue weighted by Gasteiger charge is 2.03. The van der Waals surface area contributed by atoms with E-state index in [0.717, 1.165) is 23.4 Å². The summed E-state index contributed by atoms with van der Waals surface area (Å²) in [5.74, 6) is 0.949. The van der Waals surface area contributed by atoms with Crippen molar-refractivity contribution in [3.63, 3.8) is 0 Å². The number of hydrogen-bond acceptors (Lipinski definition) is 3. The molecule has 0 saturated heterocycles. The predicted octanol–water partition coefficient (Wildman–Crippen LogP) is 1.81. The van der Waals surface area contributed by atoms with E-state index in [2.05, 4.69) is 43.5 Å². The van der Waals surface area contributed by atoms with Crippen LogP contribution in [0.2, 0.25) is 0 Å². The van der Waals surface area contributed by atoms with E-state index < -0.39 is 0 Å². The van der Waals surface area contributed by atoms with E-state index in [1.54, 1.807) is 6.33 Å². The standard InChI is InChI=1S/C11H13BrN4/c1-13-6-11-14-8-15-16(11)7-9-2-4-10(12)5-3-9/h2-5,8,13H,6-7H2,1H3. The number of nitrogens with zero attached hydrogens (tertiary/aromatic N) is 3. The van der Waals surface area contributed by atoms with Gasteiger partial charge in [0.05, 0.1) is 13.1 Å². The first kappa shape index (κ1) is 11.3. The molecule has 1 aromatic heterocycles. The fourth-order valence-corrected chi connectivity index (χ4v) is 1.74. The van der Waals surface area contributed by atoms with Crippen molar-refractivity contribution in [1.82, 2.24) is 20.1 Å². The van der Waals surface area contributed by atoms with Crippen molar-refractivity contribution < 1.29 is 0 Å². The molecule has 0 saturated carbocycles. The van der Waals surface area contributed by atoms with Gasteiger partial charge in [0.1, 0.15) is 12.2 Å². The highest BCUT2D eigenvalue weighted by molar-refractivity contribution is 9.10. The van der Waals surface area contributed by atoms with Gasteiger partial charge in [-0.2, -0.15) is 5.10 Å². The number of aromatic nitrogens is 3. The van der Waals surface area contributed by atoms with Crippen LogP contribution >= 0.6 is 15.9 Å². The third-order valence-electron chi connectivity index (χ3n) is 2.28. The van der Waals surface area contributed by atoms with Crippen LogP contribution in [0.25, 0.3) is 0 Å². The zero-order valence-corrected chi connectivity index (χ0v) is 10.6. The molecule has 0 unspecified atom stereocenters. The van der Waals surface area contributed by atoms with Crippen LogP contribution in [-0.2, 0) is 13.1 Å². The lowest BCUT2D eigenvalue weighted by Gasteiger charge is -2.05. The molecule has 0 spiro atoms. The fraction of sp³-hybridized carbons (Fsp3) is 0.273. The van der Waals surface area contributed by atoms with Gasteiger partial charge in [0.2, 0.25) is 0 Å². The van der Waals surface area contributed by atoms with Crippen molar-refractivity contribution >= 4 is 15.9 Å². The Labute approximate surface area is 103 Å². The third kappa shape index (κ3) is 2.68. The molecule has 16 heavy (non-hydrogen) atoms. The van der Waals surface area contributed by atoms with Gasteiger partial charge in [-0.25, -0.2) is 9.67 Å². The Balaban J connectivity index is 2.13. The van der Waals surface area contributed by atoms with E-state index in [4.69, 9.17) is 0 Å². The molecule has 5 heteroatoms. The molecular formula is C11H13BrN4. The lowest BCUT2D eigenvalue weighted by atomic mass is 10.2. The zero-order chi connectivity index (χ0) is 11.4. The number of hydrogen-bond donors (Lipinski definition) is 1. The Hall–Kier alpha value is -1.20. The summed E-state index contributed by atoms with van der Waals surface area (Å²) in [6, 6.07) is 8.22. The molecule has 1 N–H and O–H groups in total. The van der Waals surface area contributed by atoms with E-state index in [0.29, 0.717) is 0 Å². The van der Waals surface area contributed by atoms with Gasteiger partial charge in [-0.3, -0.25) is 0 Å². The molecule has 0 aliphatic carbocycles. The average Bonchev–Trinajstić information content (AvgIpc) is 2.70. The normalized spacial score (nSPS) is 10.6. The van der Waals surface area contributed by atoms with Crippen LogP contribution in [0.5, 0.6) is 0 Å². The van der Waals surface area contributed by atoms with Crippen molar-refractivity contribution in [2.45, 2.75) is 13.1 Å². The lowest BCUT2D eigenvalue weighted by molar-refractivity contribution is 0.613. The summed E-state index contributed by atoms with van der Waals surface area (Å²) >= 11 is 3.42. The molecule has 0 fully saturated rings. The van der Waals surface area contributed by atoms with Crippen molar-refractivity contribution in [3.8, 4) is 0 Å². The summed E-state index contributed by atoms with van der Waals surface area (Å²) in [4.78, 5) is 4.20. The van der Waals surface area contributed by atoms with Crippen LogP contribution in [0.4, 0.5) is 0 Å². The minimum Gasteiger partial charge on any atom is -0.313 e. The van der Waals surface area contributed by atoms with Crippen LogP contribution in [0.1, 0.15) is 11.4 Å². The molecule has 0 aliphatic rings. The molecule has 0 aliphatic heterocycles. The molecule has 0 radical (unpaired) electrons. The molecule has 2 aromatic rings. The van der Waals surface area contributed by atoms with E-state index in [1.807, 2.05) is 23.9 Å². The van der Waals surface area contributed by atoms with Gasteiger partial charge in [-0.15, -0.1) is 0 Å². The lowest BCUT2D eigenvalue weighted by Crippen LogP contribution is -2.13. The van der Waals surface area contributed by atoms with Crippen LogP contribution in [-0.4, -0.2) is 21.8 Å². The summed E-state index contributed by atoms with van der Waals surface area (Å²) in [7, 11) is 1.90. The molecule has 0 bridgehead atoms. The Morgan fingerprint density at radius 2 is 2.06 bits per heavy atom. The Bertz CT molecular complexity index is 449. The van der Waals surface area contributed by atoms with Crippen molar-refractivity contribution in [2.24, 2.45) is 0 Å². The van der Waals surface area contributed by atoms with Gasteiger partial charge in [0.15, 0.2) is 0 Å². The summed E-state index contributed by atoms with van der Waals surface area (Å²) in [6.45, 7) is 1.49. The maximum absolute atomic E-state index is 4.21. The molecular weight excluding hydrogens is 268 g/mol. The number of benzene rings is 1. The first-order valence-electron chi connectivity index (χ1n) is 5.05. The van der Waals surface area contributed by atoms with Gasteiger partial charge >= 0.3 is 0 Å². The van der Waals surface area contributed by atoms with Crippen LogP contribution in [0.15, 0.2) is 35.1 Å². The largest absolute Gasteiger partial charge is 0.313 e. The predicted molar refractivity (Wildman–Crippen MR) is 66.0 cm³/mol. The van der Waals surface area contributed by atoms with Crippen molar-refractivity contribution in [2.75, 3.05) is 7.05 Å². The molecule has 0 atom stereocenters. The monoisotopic (exact) mass is 280 g/mol. The minimum absolute atomic E-state index is 0.733. The molecule has 1 heterocycles. The van der Waals surface area contributed by atoms with E-state index in [9.17, 15) is 0 Å².